The average Bonchev–Trinajstić information content (AvgIpc) is 2.65. The first-order chi connectivity index (χ1) is 6.76. The number of thioether (sulfide) groups is 1. The maximum Gasteiger partial charge on any atom is 0.185 e. The van der Waals surface area contributed by atoms with Crippen LogP contribution >= 0.6 is 11.8 Å². The van der Waals surface area contributed by atoms with Crippen LogP contribution in [-0.4, -0.2) is 12.0 Å². The van der Waals surface area contributed by atoms with Crippen LogP contribution in [0.3, 0.4) is 0 Å². The number of carbonyl (C=O) groups excluding carboxylic acids is 1. The summed E-state index contributed by atoms with van der Waals surface area (Å²) >= 11 is 1.85. The fraction of sp³-hybridized carbons (Fsp3) is 0.545. The summed E-state index contributed by atoms with van der Waals surface area (Å²) in [6, 6.07) is 3.58. The molecule has 0 amide bonds. The highest BCUT2D eigenvalue weighted by atomic mass is 32.2. The van der Waals surface area contributed by atoms with Gasteiger partial charge in [-0.2, -0.15) is 11.8 Å². The van der Waals surface area contributed by atoms with Crippen molar-refractivity contribution in [1.29, 1.82) is 0 Å². The normalized spacial score (nSPS) is 12.7. The summed E-state index contributed by atoms with van der Waals surface area (Å²) < 4.78 is 5.26. The molecule has 3 heteroatoms. The number of furan rings is 1. The maximum absolute atomic E-state index is 10.3. The zero-order valence-electron chi connectivity index (χ0n) is 8.66. The molecule has 0 aromatic carbocycles. The molecule has 0 bridgehead atoms. The lowest BCUT2D eigenvalue weighted by Gasteiger charge is -2.05. The van der Waals surface area contributed by atoms with Crippen molar-refractivity contribution in [2.24, 2.45) is 5.92 Å². The summed E-state index contributed by atoms with van der Waals surface area (Å²) in [5.74, 6) is 4.07. The van der Waals surface area contributed by atoms with E-state index < -0.39 is 0 Å². The van der Waals surface area contributed by atoms with E-state index in [9.17, 15) is 4.79 Å². The molecule has 1 aromatic rings. The SMILES string of the molecule is CCC(C)CSCc1ccc(C=O)o1. The van der Waals surface area contributed by atoms with Crippen LogP contribution in [0.1, 0.15) is 36.6 Å². The zero-order chi connectivity index (χ0) is 10.4. The monoisotopic (exact) mass is 212 g/mol. The van der Waals surface area contributed by atoms with Crippen LogP contribution in [0, 0.1) is 5.92 Å². The average molecular weight is 212 g/mol. The minimum atomic E-state index is 0.420. The van der Waals surface area contributed by atoms with Crippen LogP contribution in [0.2, 0.25) is 0 Å². The van der Waals surface area contributed by atoms with Crippen LogP contribution in [0.4, 0.5) is 0 Å². The molecule has 1 atom stereocenters. The van der Waals surface area contributed by atoms with Gasteiger partial charge in [0.05, 0.1) is 5.75 Å². The van der Waals surface area contributed by atoms with Gasteiger partial charge in [0.2, 0.25) is 0 Å². The summed E-state index contributed by atoms with van der Waals surface area (Å²) in [7, 11) is 0. The Morgan fingerprint density at radius 3 is 2.93 bits per heavy atom. The van der Waals surface area contributed by atoms with E-state index in [0.717, 1.165) is 29.5 Å². The lowest BCUT2D eigenvalue weighted by atomic mass is 10.2. The van der Waals surface area contributed by atoms with E-state index in [1.807, 2.05) is 17.8 Å². The molecule has 1 rings (SSSR count). The minimum absolute atomic E-state index is 0.420. The number of carbonyl (C=O) groups is 1. The van der Waals surface area contributed by atoms with Crippen molar-refractivity contribution in [3.05, 3.63) is 23.7 Å². The summed E-state index contributed by atoms with van der Waals surface area (Å²) in [6.45, 7) is 4.44. The van der Waals surface area contributed by atoms with Gasteiger partial charge < -0.3 is 4.42 Å². The quantitative estimate of drug-likeness (QED) is 0.677. The van der Waals surface area contributed by atoms with E-state index in [0.29, 0.717) is 5.76 Å². The van der Waals surface area contributed by atoms with E-state index in [1.165, 1.54) is 6.42 Å². The molecule has 0 saturated heterocycles. The predicted molar refractivity (Wildman–Crippen MR) is 59.7 cm³/mol. The van der Waals surface area contributed by atoms with Gasteiger partial charge in [0.1, 0.15) is 5.76 Å². The van der Waals surface area contributed by atoms with Crippen molar-refractivity contribution in [2.45, 2.75) is 26.0 Å². The highest BCUT2D eigenvalue weighted by Gasteiger charge is 2.03. The van der Waals surface area contributed by atoms with Crippen LogP contribution in [0.5, 0.6) is 0 Å². The third-order valence-electron chi connectivity index (χ3n) is 2.14. The van der Waals surface area contributed by atoms with Crippen LogP contribution < -0.4 is 0 Å². The highest BCUT2D eigenvalue weighted by Crippen LogP contribution is 2.18. The van der Waals surface area contributed by atoms with Gasteiger partial charge in [-0.3, -0.25) is 4.79 Å². The van der Waals surface area contributed by atoms with E-state index in [2.05, 4.69) is 13.8 Å². The van der Waals surface area contributed by atoms with Crippen molar-refractivity contribution in [1.82, 2.24) is 0 Å². The zero-order valence-corrected chi connectivity index (χ0v) is 9.47. The molecule has 0 radical (unpaired) electrons. The lowest BCUT2D eigenvalue weighted by Crippen LogP contribution is -1.95. The molecule has 0 saturated carbocycles. The molecule has 0 aliphatic carbocycles. The number of hydrogen-bond donors (Lipinski definition) is 0. The van der Waals surface area contributed by atoms with Crippen LogP contribution in [0.25, 0.3) is 0 Å². The first-order valence-corrected chi connectivity index (χ1v) is 6.03. The predicted octanol–water partition coefficient (Wildman–Crippen LogP) is 3.37. The van der Waals surface area contributed by atoms with Gasteiger partial charge in [0, 0.05) is 0 Å². The molecule has 1 unspecified atom stereocenters. The number of hydrogen-bond acceptors (Lipinski definition) is 3. The summed E-state index contributed by atoms with van der Waals surface area (Å²) in [5, 5.41) is 0. The van der Waals surface area contributed by atoms with Crippen molar-refractivity contribution >= 4 is 18.0 Å². The van der Waals surface area contributed by atoms with Gasteiger partial charge in [-0.25, -0.2) is 0 Å². The second kappa shape index (κ2) is 5.91. The largest absolute Gasteiger partial charge is 0.457 e. The Morgan fingerprint density at radius 2 is 2.36 bits per heavy atom. The molecular weight excluding hydrogens is 196 g/mol. The second-order valence-electron chi connectivity index (χ2n) is 3.45. The first-order valence-electron chi connectivity index (χ1n) is 4.88. The Bertz CT molecular complexity index is 281. The molecule has 1 heterocycles. The standard InChI is InChI=1S/C11H16O2S/c1-3-9(2)7-14-8-11-5-4-10(6-12)13-11/h4-6,9H,3,7-8H2,1-2H3. The third kappa shape index (κ3) is 3.58. The van der Waals surface area contributed by atoms with Gasteiger partial charge >= 0.3 is 0 Å². The van der Waals surface area contributed by atoms with Crippen molar-refractivity contribution in [3.8, 4) is 0 Å². The molecule has 1 aromatic heterocycles. The molecule has 0 fully saturated rings. The van der Waals surface area contributed by atoms with Crippen LogP contribution in [0.15, 0.2) is 16.5 Å². The summed E-state index contributed by atoms with van der Waals surface area (Å²) in [5.41, 5.74) is 0. The topological polar surface area (TPSA) is 30.2 Å². The fourth-order valence-electron chi connectivity index (χ4n) is 1.01. The number of aldehydes is 1. The van der Waals surface area contributed by atoms with Crippen molar-refractivity contribution in [3.63, 3.8) is 0 Å². The summed E-state index contributed by atoms with van der Waals surface area (Å²) in [6.07, 6.45) is 1.95. The van der Waals surface area contributed by atoms with E-state index in [-0.39, 0.29) is 0 Å². The Morgan fingerprint density at radius 1 is 1.57 bits per heavy atom. The Kier molecular flexibility index (Phi) is 4.80. The number of rotatable bonds is 6. The van der Waals surface area contributed by atoms with Gasteiger partial charge in [0.25, 0.3) is 0 Å². The minimum Gasteiger partial charge on any atom is -0.457 e. The van der Waals surface area contributed by atoms with Gasteiger partial charge in [-0.1, -0.05) is 20.3 Å². The smallest absolute Gasteiger partial charge is 0.185 e. The Hall–Kier alpha value is -0.700. The van der Waals surface area contributed by atoms with Crippen molar-refractivity contribution < 1.29 is 9.21 Å². The molecule has 2 nitrogen and oxygen atoms in total. The third-order valence-corrected chi connectivity index (χ3v) is 3.44. The Balaban J connectivity index is 2.27. The Labute approximate surface area is 89.1 Å². The molecule has 0 aliphatic rings. The van der Waals surface area contributed by atoms with E-state index in [1.54, 1.807) is 6.07 Å². The first kappa shape index (κ1) is 11.4. The van der Waals surface area contributed by atoms with E-state index in [4.69, 9.17) is 4.42 Å². The molecule has 78 valence electrons. The molecule has 0 aliphatic heterocycles. The lowest BCUT2D eigenvalue weighted by molar-refractivity contribution is 0.109. The van der Waals surface area contributed by atoms with Crippen LogP contribution in [-0.2, 0) is 5.75 Å². The second-order valence-corrected chi connectivity index (χ2v) is 4.48. The summed E-state index contributed by atoms with van der Waals surface area (Å²) in [4.78, 5) is 10.3. The van der Waals surface area contributed by atoms with Gasteiger partial charge in [-0.15, -0.1) is 0 Å². The van der Waals surface area contributed by atoms with Crippen molar-refractivity contribution in [2.75, 3.05) is 5.75 Å². The van der Waals surface area contributed by atoms with Gasteiger partial charge in [-0.05, 0) is 23.8 Å². The molecule has 14 heavy (non-hydrogen) atoms. The van der Waals surface area contributed by atoms with E-state index >= 15 is 0 Å². The molecule has 0 N–H and O–H groups in total. The molecular formula is C11H16O2S. The molecule has 0 spiro atoms. The maximum atomic E-state index is 10.3. The fourth-order valence-corrected chi connectivity index (χ4v) is 2.13. The highest BCUT2D eigenvalue weighted by molar-refractivity contribution is 7.98. The van der Waals surface area contributed by atoms with Gasteiger partial charge in [0.15, 0.2) is 12.0 Å².